The molecule has 0 aliphatic carbocycles. The minimum atomic E-state index is -0.570. The number of amides is 1. The zero-order chi connectivity index (χ0) is 8.43. The molecular weight excluding hydrogens is 148 g/mol. The Balaban J connectivity index is 2.53. The maximum atomic E-state index is 10.8. The van der Waals surface area contributed by atoms with Crippen molar-refractivity contribution in [1.29, 1.82) is 0 Å². The van der Waals surface area contributed by atoms with Crippen LogP contribution in [0.3, 0.4) is 0 Å². The third-order valence-electron chi connectivity index (χ3n) is 1.63. The van der Waals surface area contributed by atoms with E-state index in [9.17, 15) is 9.59 Å². The zero-order valence-corrected chi connectivity index (χ0v) is 6.16. The van der Waals surface area contributed by atoms with Crippen molar-refractivity contribution in [1.82, 2.24) is 5.32 Å². The summed E-state index contributed by atoms with van der Waals surface area (Å²) in [6.07, 6.45) is 0.325. The molecule has 0 bridgehead atoms. The number of rotatable bonds is 1. The average molecular weight is 158 g/mol. The highest BCUT2D eigenvalue weighted by Crippen LogP contribution is 2.06. The lowest BCUT2D eigenvalue weighted by Gasteiger charge is -2.04. The molecule has 2 atom stereocenters. The normalized spacial score (nSPS) is 29.8. The van der Waals surface area contributed by atoms with E-state index in [0.717, 1.165) is 0 Å². The van der Waals surface area contributed by atoms with E-state index in [4.69, 9.17) is 5.73 Å². The first kappa shape index (κ1) is 8.00. The van der Waals surface area contributed by atoms with Gasteiger partial charge < -0.3 is 15.8 Å². The van der Waals surface area contributed by atoms with Crippen molar-refractivity contribution in [2.24, 2.45) is 5.73 Å². The molecule has 11 heavy (non-hydrogen) atoms. The van der Waals surface area contributed by atoms with Gasteiger partial charge in [0.05, 0.1) is 13.2 Å². The highest BCUT2D eigenvalue weighted by Gasteiger charge is 2.34. The molecule has 0 aromatic carbocycles. The summed E-state index contributed by atoms with van der Waals surface area (Å²) < 4.78 is 4.42. The van der Waals surface area contributed by atoms with Crippen molar-refractivity contribution >= 4 is 11.9 Å². The third-order valence-corrected chi connectivity index (χ3v) is 1.63. The zero-order valence-electron chi connectivity index (χ0n) is 6.16. The Labute approximate surface area is 63.9 Å². The molecule has 0 aromatic heterocycles. The van der Waals surface area contributed by atoms with Gasteiger partial charge in [-0.1, -0.05) is 0 Å². The van der Waals surface area contributed by atoms with Gasteiger partial charge in [-0.15, -0.1) is 0 Å². The monoisotopic (exact) mass is 158 g/mol. The molecule has 0 aromatic rings. The van der Waals surface area contributed by atoms with Crippen LogP contribution in [-0.2, 0) is 14.3 Å². The molecule has 5 nitrogen and oxygen atoms in total. The van der Waals surface area contributed by atoms with E-state index in [1.165, 1.54) is 7.11 Å². The van der Waals surface area contributed by atoms with Crippen molar-refractivity contribution in [3.63, 3.8) is 0 Å². The summed E-state index contributed by atoms with van der Waals surface area (Å²) >= 11 is 0. The van der Waals surface area contributed by atoms with Crippen LogP contribution in [0.25, 0.3) is 0 Å². The second-order valence-corrected chi connectivity index (χ2v) is 2.43. The highest BCUT2D eigenvalue weighted by atomic mass is 16.5. The standard InChI is InChI=1S/C6H10N2O3/c1-11-6(10)4-2-3(7)5(9)8-4/h3-4H,2,7H2,1H3,(H,8,9)/t3-,4-/m0/s1. The molecule has 5 heteroatoms. The SMILES string of the molecule is COC(=O)[C@@H]1C[C@H](N)C(=O)N1. The van der Waals surface area contributed by atoms with Gasteiger partial charge >= 0.3 is 5.97 Å². The van der Waals surface area contributed by atoms with Crippen LogP contribution < -0.4 is 11.1 Å². The second-order valence-electron chi connectivity index (χ2n) is 2.43. The lowest BCUT2D eigenvalue weighted by atomic mass is 10.2. The van der Waals surface area contributed by atoms with Gasteiger partial charge in [-0.3, -0.25) is 4.79 Å². The van der Waals surface area contributed by atoms with Crippen LogP contribution in [0.15, 0.2) is 0 Å². The van der Waals surface area contributed by atoms with Gasteiger partial charge in [0.25, 0.3) is 0 Å². The Kier molecular flexibility index (Phi) is 2.09. The second kappa shape index (κ2) is 2.87. The maximum absolute atomic E-state index is 10.8. The van der Waals surface area contributed by atoms with E-state index < -0.39 is 18.1 Å². The summed E-state index contributed by atoms with van der Waals surface area (Å²) in [6, 6.07) is -1.12. The van der Waals surface area contributed by atoms with Gasteiger partial charge in [0.1, 0.15) is 6.04 Å². The van der Waals surface area contributed by atoms with E-state index in [-0.39, 0.29) is 5.91 Å². The Hall–Kier alpha value is -1.10. The number of ether oxygens (including phenoxy) is 1. The van der Waals surface area contributed by atoms with Gasteiger partial charge in [-0.05, 0) is 0 Å². The van der Waals surface area contributed by atoms with Crippen molar-refractivity contribution in [3.05, 3.63) is 0 Å². The molecule has 0 saturated carbocycles. The number of hydrogen-bond acceptors (Lipinski definition) is 4. The number of carbonyl (C=O) groups excluding carboxylic acids is 2. The predicted octanol–water partition coefficient (Wildman–Crippen LogP) is -1.62. The van der Waals surface area contributed by atoms with E-state index >= 15 is 0 Å². The number of methoxy groups -OCH3 is 1. The first-order valence-electron chi connectivity index (χ1n) is 3.29. The predicted molar refractivity (Wildman–Crippen MR) is 36.5 cm³/mol. The van der Waals surface area contributed by atoms with Crippen molar-refractivity contribution < 1.29 is 14.3 Å². The Morgan fingerprint density at radius 3 is 2.82 bits per heavy atom. The Morgan fingerprint density at radius 2 is 2.45 bits per heavy atom. The smallest absolute Gasteiger partial charge is 0.328 e. The van der Waals surface area contributed by atoms with Crippen LogP contribution in [0.1, 0.15) is 6.42 Å². The van der Waals surface area contributed by atoms with Crippen LogP contribution in [0.5, 0.6) is 0 Å². The number of hydrogen-bond donors (Lipinski definition) is 2. The van der Waals surface area contributed by atoms with Gasteiger partial charge in [0.15, 0.2) is 0 Å². The fourth-order valence-corrected chi connectivity index (χ4v) is 0.996. The van der Waals surface area contributed by atoms with Crippen LogP contribution in [0, 0.1) is 0 Å². The Morgan fingerprint density at radius 1 is 1.82 bits per heavy atom. The molecule has 1 aliphatic heterocycles. The van der Waals surface area contributed by atoms with Crippen LogP contribution in [0.4, 0.5) is 0 Å². The van der Waals surface area contributed by atoms with Gasteiger partial charge in [-0.25, -0.2) is 4.79 Å². The molecule has 1 aliphatic rings. The van der Waals surface area contributed by atoms with Crippen molar-refractivity contribution in [2.45, 2.75) is 18.5 Å². The largest absolute Gasteiger partial charge is 0.467 e. The molecule has 1 fully saturated rings. The number of nitrogens with two attached hydrogens (primary N) is 1. The third kappa shape index (κ3) is 1.48. The summed E-state index contributed by atoms with van der Waals surface area (Å²) in [5.41, 5.74) is 5.34. The fourth-order valence-electron chi connectivity index (χ4n) is 0.996. The molecule has 3 N–H and O–H groups in total. The molecule has 1 rings (SSSR count). The van der Waals surface area contributed by atoms with Crippen molar-refractivity contribution in [2.75, 3.05) is 7.11 Å². The average Bonchev–Trinajstić information content (AvgIpc) is 2.31. The lowest BCUT2D eigenvalue weighted by Crippen LogP contribution is -2.35. The summed E-state index contributed by atoms with van der Waals surface area (Å²) in [7, 11) is 1.28. The summed E-state index contributed by atoms with van der Waals surface area (Å²) in [4.78, 5) is 21.6. The van der Waals surface area contributed by atoms with Gasteiger partial charge in [0.2, 0.25) is 5.91 Å². The quantitative estimate of drug-likeness (QED) is 0.449. The van der Waals surface area contributed by atoms with Crippen LogP contribution in [0.2, 0.25) is 0 Å². The first-order valence-corrected chi connectivity index (χ1v) is 3.29. The summed E-state index contributed by atoms with van der Waals surface area (Å²) in [5, 5.41) is 2.42. The molecule has 1 heterocycles. The molecule has 62 valence electrons. The molecule has 0 radical (unpaired) electrons. The molecule has 0 unspecified atom stereocenters. The van der Waals surface area contributed by atoms with Crippen LogP contribution in [-0.4, -0.2) is 31.1 Å². The maximum Gasteiger partial charge on any atom is 0.328 e. The number of esters is 1. The highest BCUT2D eigenvalue weighted by molar-refractivity contribution is 5.91. The Bertz CT molecular complexity index is 192. The summed E-state index contributed by atoms with van der Waals surface area (Å²) in [5.74, 6) is -0.730. The van der Waals surface area contributed by atoms with Crippen LogP contribution >= 0.6 is 0 Å². The fraction of sp³-hybridized carbons (Fsp3) is 0.667. The number of carbonyl (C=O) groups is 2. The minimum absolute atomic E-state index is 0.291. The van der Waals surface area contributed by atoms with E-state index in [2.05, 4.69) is 10.1 Å². The van der Waals surface area contributed by atoms with E-state index in [1.807, 2.05) is 0 Å². The lowest BCUT2D eigenvalue weighted by molar-refractivity contribution is -0.143. The van der Waals surface area contributed by atoms with E-state index in [1.54, 1.807) is 0 Å². The minimum Gasteiger partial charge on any atom is -0.467 e. The topological polar surface area (TPSA) is 81.4 Å². The molecular formula is C6H10N2O3. The molecule has 1 amide bonds. The van der Waals surface area contributed by atoms with E-state index in [0.29, 0.717) is 6.42 Å². The molecule has 0 spiro atoms. The first-order chi connectivity index (χ1) is 5.15. The summed E-state index contributed by atoms with van der Waals surface area (Å²) in [6.45, 7) is 0. The molecule has 1 saturated heterocycles. The van der Waals surface area contributed by atoms with Gasteiger partial charge in [-0.2, -0.15) is 0 Å². The number of nitrogens with one attached hydrogen (secondary N) is 1. The van der Waals surface area contributed by atoms with Crippen molar-refractivity contribution in [3.8, 4) is 0 Å². The van der Waals surface area contributed by atoms with Gasteiger partial charge in [0, 0.05) is 6.42 Å².